The number of carbonyl (C=O) groups excluding carboxylic acids is 1. The molecule has 7 nitrogen and oxygen atoms in total. The van der Waals surface area contributed by atoms with Crippen LogP contribution in [0.2, 0.25) is 0 Å². The van der Waals surface area contributed by atoms with Crippen LogP contribution in [0.4, 0.5) is 0 Å². The second-order valence-corrected chi connectivity index (χ2v) is 7.19. The van der Waals surface area contributed by atoms with E-state index in [2.05, 4.69) is 14.5 Å². The van der Waals surface area contributed by atoms with Gasteiger partial charge in [0, 0.05) is 56.9 Å². The Hall–Kier alpha value is -3.22. The molecule has 1 amide bonds. The number of rotatable bonds is 4. The number of aromatic nitrogens is 4. The molecule has 0 bridgehead atoms. The second kappa shape index (κ2) is 7.80. The number of pyridine rings is 2. The summed E-state index contributed by atoms with van der Waals surface area (Å²) in [7, 11) is 1.66. The summed E-state index contributed by atoms with van der Waals surface area (Å²) in [6.07, 6.45) is 9.11. The fraction of sp³-hybridized carbons (Fsp3) is 0.333. The van der Waals surface area contributed by atoms with Gasteiger partial charge < -0.3 is 14.0 Å². The van der Waals surface area contributed by atoms with Crippen molar-refractivity contribution in [1.29, 1.82) is 0 Å². The van der Waals surface area contributed by atoms with E-state index >= 15 is 0 Å². The molecule has 0 radical (unpaired) electrons. The molecular formula is C21H23N5O2. The number of nitrogens with zero attached hydrogens (tertiary/aromatic N) is 5. The van der Waals surface area contributed by atoms with Crippen LogP contribution in [0.1, 0.15) is 40.6 Å². The molecule has 0 N–H and O–H groups in total. The molecular weight excluding hydrogens is 354 g/mol. The second-order valence-electron chi connectivity index (χ2n) is 7.19. The van der Waals surface area contributed by atoms with Gasteiger partial charge in [-0.2, -0.15) is 0 Å². The first-order valence-corrected chi connectivity index (χ1v) is 9.49. The van der Waals surface area contributed by atoms with E-state index in [1.807, 2.05) is 35.5 Å². The van der Waals surface area contributed by atoms with E-state index < -0.39 is 0 Å². The van der Waals surface area contributed by atoms with Crippen LogP contribution in [0.15, 0.2) is 59.9 Å². The molecule has 1 aliphatic heterocycles. The normalized spacial score (nSPS) is 16.9. The fourth-order valence-electron chi connectivity index (χ4n) is 3.76. The maximum absolute atomic E-state index is 12.9. The highest BCUT2D eigenvalue weighted by molar-refractivity contribution is 5.94. The van der Waals surface area contributed by atoms with E-state index in [9.17, 15) is 9.59 Å². The van der Waals surface area contributed by atoms with Crippen molar-refractivity contribution in [3.8, 4) is 0 Å². The van der Waals surface area contributed by atoms with Crippen molar-refractivity contribution in [2.75, 3.05) is 13.1 Å². The maximum atomic E-state index is 12.9. The molecule has 0 aliphatic carbocycles. The Morgan fingerprint density at radius 3 is 2.86 bits per heavy atom. The molecule has 1 saturated heterocycles. The molecule has 1 atom stereocenters. The van der Waals surface area contributed by atoms with Gasteiger partial charge in [0.15, 0.2) is 0 Å². The first kappa shape index (κ1) is 18.2. The molecule has 7 heteroatoms. The number of likely N-dealkylation sites (tertiary alicyclic amines) is 1. The van der Waals surface area contributed by atoms with E-state index in [0.717, 1.165) is 30.9 Å². The zero-order valence-corrected chi connectivity index (χ0v) is 15.9. The Kier molecular flexibility index (Phi) is 5.06. The van der Waals surface area contributed by atoms with Gasteiger partial charge in [-0.3, -0.25) is 14.6 Å². The number of carbonyl (C=O) groups is 1. The van der Waals surface area contributed by atoms with Gasteiger partial charge in [0.05, 0.1) is 17.8 Å². The molecule has 144 valence electrons. The minimum Gasteiger partial charge on any atom is -0.338 e. The number of piperidine rings is 1. The van der Waals surface area contributed by atoms with Gasteiger partial charge in [-0.1, -0.05) is 6.07 Å². The van der Waals surface area contributed by atoms with E-state index in [1.54, 1.807) is 25.5 Å². The molecule has 28 heavy (non-hydrogen) atoms. The topological polar surface area (TPSA) is 73.0 Å². The molecule has 4 heterocycles. The van der Waals surface area contributed by atoms with Gasteiger partial charge in [0.25, 0.3) is 5.91 Å². The van der Waals surface area contributed by atoms with Crippen LogP contribution in [0.25, 0.3) is 0 Å². The monoisotopic (exact) mass is 377 g/mol. The number of hydrogen-bond donors (Lipinski definition) is 0. The zero-order chi connectivity index (χ0) is 19.5. The van der Waals surface area contributed by atoms with Crippen molar-refractivity contribution in [3.05, 3.63) is 82.6 Å². The summed E-state index contributed by atoms with van der Waals surface area (Å²) in [4.78, 5) is 35.4. The lowest BCUT2D eigenvalue weighted by Gasteiger charge is -2.32. The Balaban J connectivity index is 1.51. The molecule has 3 aromatic rings. The third kappa shape index (κ3) is 3.74. The Labute approximate surface area is 163 Å². The number of aryl methyl sites for hydroxylation is 1. The maximum Gasteiger partial charge on any atom is 0.255 e. The van der Waals surface area contributed by atoms with Gasteiger partial charge in [0.2, 0.25) is 5.56 Å². The van der Waals surface area contributed by atoms with E-state index in [-0.39, 0.29) is 17.4 Å². The van der Waals surface area contributed by atoms with E-state index in [4.69, 9.17) is 0 Å². The molecule has 0 saturated carbocycles. The molecule has 0 aromatic carbocycles. The minimum absolute atomic E-state index is 0.0388. The summed E-state index contributed by atoms with van der Waals surface area (Å²) in [5, 5.41) is 0. The van der Waals surface area contributed by atoms with Crippen LogP contribution in [0.3, 0.4) is 0 Å². The highest BCUT2D eigenvalue weighted by Crippen LogP contribution is 2.27. The Morgan fingerprint density at radius 1 is 1.18 bits per heavy atom. The summed E-state index contributed by atoms with van der Waals surface area (Å²) in [6, 6.07) is 8.93. The van der Waals surface area contributed by atoms with E-state index in [0.29, 0.717) is 18.7 Å². The predicted molar refractivity (Wildman–Crippen MR) is 105 cm³/mol. The third-order valence-corrected chi connectivity index (χ3v) is 5.21. The number of hydrogen-bond acceptors (Lipinski definition) is 4. The van der Waals surface area contributed by atoms with Gasteiger partial charge in [-0.25, -0.2) is 4.98 Å². The minimum atomic E-state index is -0.121. The van der Waals surface area contributed by atoms with Crippen molar-refractivity contribution >= 4 is 5.91 Å². The number of imidazole rings is 1. The van der Waals surface area contributed by atoms with Crippen LogP contribution in [-0.2, 0) is 13.6 Å². The quantitative estimate of drug-likeness (QED) is 0.698. The van der Waals surface area contributed by atoms with Crippen LogP contribution in [-0.4, -0.2) is 43.0 Å². The average molecular weight is 377 g/mol. The lowest BCUT2D eigenvalue weighted by molar-refractivity contribution is 0.0702. The molecule has 0 spiro atoms. The largest absolute Gasteiger partial charge is 0.338 e. The number of amides is 1. The lowest BCUT2D eigenvalue weighted by atomic mass is 9.96. The molecule has 3 aromatic heterocycles. The summed E-state index contributed by atoms with van der Waals surface area (Å²) in [5.74, 6) is 1.13. The first-order valence-electron chi connectivity index (χ1n) is 9.49. The summed E-state index contributed by atoms with van der Waals surface area (Å²) in [5.41, 5.74) is 1.40. The molecule has 0 unspecified atom stereocenters. The van der Waals surface area contributed by atoms with Crippen molar-refractivity contribution in [3.63, 3.8) is 0 Å². The van der Waals surface area contributed by atoms with Crippen molar-refractivity contribution in [2.45, 2.75) is 25.3 Å². The highest BCUT2D eigenvalue weighted by Gasteiger charge is 2.28. The van der Waals surface area contributed by atoms with Crippen LogP contribution in [0, 0.1) is 0 Å². The van der Waals surface area contributed by atoms with Crippen LogP contribution < -0.4 is 5.56 Å². The molecule has 1 fully saturated rings. The van der Waals surface area contributed by atoms with Crippen LogP contribution in [0.5, 0.6) is 0 Å². The fourth-order valence-corrected chi connectivity index (χ4v) is 3.76. The zero-order valence-electron chi connectivity index (χ0n) is 15.9. The predicted octanol–water partition coefficient (Wildman–Crippen LogP) is 2.04. The van der Waals surface area contributed by atoms with Crippen molar-refractivity contribution in [2.24, 2.45) is 7.05 Å². The SMILES string of the molecule is Cn1cc(C(=O)N2CCC[C@@H](c3nccn3Cc3ccccn3)C2)ccc1=O. The van der Waals surface area contributed by atoms with Crippen molar-refractivity contribution in [1.82, 2.24) is 24.0 Å². The smallest absolute Gasteiger partial charge is 0.255 e. The average Bonchev–Trinajstić information content (AvgIpc) is 3.18. The summed E-state index contributed by atoms with van der Waals surface area (Å²) >= 11 is 0. The van der Waals surface area contributed by atoms with Gasteiger partial charge in [-0.15, -0.1) is 0 Å². The summed E-state index contributed by atoms with van der Waals surface area (Å²) < 4.78 is 3.56. The lowest BCUT2D eigenvalue weighted by Crippen LogP contribution is -2.40. The van der Waals surface area contributed by atoms with Gasteiger partial charge in [-0.05, 0) is 31.0 Å². The van der Waals surface area contributed by atoms with Crippen molar-refractivity contribution < 1.29 is 4.79 Å². The molecule has 1 aliphatic rings. The molecule has 4 rings (SSSR count). The van der Waals surface area contributed by atoms with E-state index in [1.165, 1.54) is 10.6 Å². The summed E-state index contributed by atoms with van der Waals surface area (Å²) in [6.45, 7) is 2.02. The highest BCUT2D eigenvalue weighted by atomic mass is 16.2. The Morgan fingerprint density at radius 2 is 2.07 bits per heavy atom. The van der Waals surface area contributed by atoms with Gasteiger partial charge in [0.1, 0.15) is 5.82 Å². The Bertz CT molecular complexity index is 1020. The van der Waals surface area contributed by atoms with Crippen LogP contribution >= 0.6 is 0 Å². The first-order chi connectivity index (χ1) is 13.6. The standard InChI is InChI=1S/C21H23N5O2/c1-24-13-17(7-8-19(24)27)21(28)26-11-4-5-16(14-26)20-23-10-12-25(20)15-18-6-2-3-9-22-18/h2-3,6-10,12-13,16H,4-5,11,14-15H2,1H3/t16-/m1/s1. The third-order valence-electron chi connectivity index (χ3n) is 5.21. The van der Waals surface area contributed by atoms with Gasteiger partial charge >= 0.3 is 0 Å².